The van der Waals surface area contributed by atoms with Crippen LogP contribution < -0.4 is 19.1 Å². The Hall–Kier alpha value is -1.67. The Morgan fingerprint density at radius 2 is 1.86 bits per heavy atom. The van der Waals surface area contributed by atoms with Crippen molar-refractivity contribution in [1.82, 2.24) is 9.97 Å². The Kier molecular flexibility index (Phi) is 12.0. The molecule has 0 radical (unpaired) electrons. The molecule has 0 amide bonds. The number of hydrogen-bond acceptors (Lipinski definition) is 7. The Morgan fingerprint density at radius 1 is 1.12 bits per heavy atom. The van der Waals surface area contributed by atoms with Gasteiger partial charge in [-0.25, -0.2) is 0 Å². The van der Waals surface area contributed by atoms with Gasteiger partial charge in [0.05, 0.1) is 22.6 Å². The third kappa shape index (κ3) is 6.80. The minimum absolute atomic E-state index is 0. The summed E-state index contributed by atoms with van der Waals surface area (Å²) < 4.78 is 25.5. The summed E-state index contributed by atoms with van der Waals surface area (Å²) in [5.41, 5.74) is 2.88. The number of benzene rings is 2. The molecule has 5 heterocycles. The van der Waals surface area contributed by atoms with Crippen molar-refractivity contribution in [3.63, 3.8) is 0 Å². The van der Waals surface area contributed by atoms with E-state index in [2.05, 4.69) is 58.9 Å². The van der Waals surface area contributed by atoms with Crippen molar-refractivity contribution in [2.45, 2.75) is 97.7 Å². The summed E-state index contributed by atoms with van der Waals surface area (Å²) in [5, 5.41) is 6.05. The molecule has 0 aliphatic carbocycles. The van der Waals surface area contributed by atoms with Gasteiger partial charge >= 0.3 is 6.01 Å². The summed E-state index contributed by atoms with van der Waals surface area (Å²) in [7, 11) is 0. The number of aromatic nitrogens is 2. The number of hydrogen-bond donors (Lipinski definition) is 0. The van der Waals surface area contributed by atoms with Crippen LogP contribution in [0.1, 0.15) is 65.0 Å². The van der Waals surface area contributed by atoms with Crippen LogP contribution in [-0.4, -0.2) is 60.1 Å². The largest absolute Gasteiger partial charge is 0.656 e. The molecule has 2 aromatic carbocycles. The van der Waals surface area contributed by atoms with E-state index in [1.807, 2.05) is 27.7 Å². The zero-order valence-corrected chi connectivity index (χ0v) is 29.5. The molecule has 238 valence electrons. The van der Waals surface area contributed by atoms with Crippen LogP contribution in [0.15, 0.2) is 28.7 Å². The molecule has 0 spiro atoms. The first-order valence-electron chi connectivity index (χ1n) is 15.2. The summed E-state index contributed by atoms with van der Waals surface area (Å²) >= 11 is 10.6. The van der Waals surface area contributed by atoms with Gasteiger partial charge in [0.2, 0.25) is 0 Å². The summed E-state index contributed by atoms with van der Waals surface area (Å²) in [6, 6.07) is 9.21. The van der Waals surface area contributed by atoms with Crippen molar-refractivity contribution in [3.8, 4) is 17.5 Å². The van der Waals surface area contributed by atoms with Gasteiger partial charge in [-0.05, 0) is 41.8 Å². The van der Waals surface area contributed by atoms with Gasteiger partial charge in [-0.15, -0.1) is 12.6 Å². The fourth-order valence-corrected chi connectivity index (χ4v) is 6.80. The maximum absolute atomic E-state index is 6.92. The van der Waals surface area contributed by atoms with Gasteiger partial charge in [0.15, 0.2) is 11.5 Å². The van der Waals surface area contributed by atoms with Crippen LogP contribution in [0.25, 0.3) is 16.2 Å². The first-order valence-corrected chi connectivity index (χ1v) is 16.4. The number of nitrogens with zero attached hydrogens (tertiary/aromatic N) is 4. The van der Waals surface area contributed by atoms with Gasteiger partial charge in [-0.3, -0.25) is 0 Å². The molecular formula is C32H41BrClN4O4Pd-. The molecule has 2 bridgehead atoms. The van der Waals surface area contributed by atoms with Crippen molar-refractivity contribution >= 4 is 44.3 Å². The Balaban J connectivity index is 0.000000814. The molecule has 8 nitrogen and oxygen atoms in total. The quantitative estimate of drug-likeness (QED) is 0.244. The van der Waals surface area contributed by atoms with Crippen molar-refractivity contribution in [2.75, 3.05) is 24.7 Å². The molecule has 5 atom stereocenters. The number of aryl methyl sites for hydroxylation is 1. The summed E-state index contributed by atoms with van der Waals surface area (Å²) in [5.74, 6) is 1.92. The SMILES string of the molecule is CC.CC.Cc1ccc(COc2c(Br)c(Cl)c3c4c(nc(OC5CCOC(C)C5)nc24)N2C4C[N-][C@@H](C4)C2CO3)cc1.[Pd]. The molecule has 11 heteroatoms. The van der Waals surface area contributed by atoms with Gasteiger partial charge < -0.3 is 29.2 Å². The maximum Gasteiger partial charge on any atom is 0.319 e. The fraction of sp³-hybridized carbons (Fsp3) is 0.562. The van der Waals surface area contributed by atoms with Gasteiger partial charge in [-0.1, -0.05) is 69.1 Å². The standard InChI is InChI=1S/C28H29BrClN4O4.2C2H6.Pd/c1-14-3-5-16(6-4-14)12-36-26-22(29)23(30)25-21-24(26)32-28(38-18-7-8-35-15(2)9-18)33-27(21)34-17-10-19(31-11-17)20(34)13-37-25;2*1-2;/h3-6,15,17-20H,7-13H2,1-2H3;2*1-2H3;/q-1;;;/t15?,17?,18?,19-,20?;;;/m0.../s1. The molecule has 3 fully saturated rings. The van der Waals surface area contributed by atoms with E-state index in [0.717, 1.165) is 42.6 Å². The van der Waals surface area contributed by atoms with E-state index in [1.165, 1.54) is 5.56 Å². The average molecular weight is 767 g/mol. The molecule has 43 heavy (non-hydrogen) atoms. The predicted molar refractivity (Wildman–Crippen MR) is 172 cm³/mol. The third-order valence-corrected chi connectivity index (χ3v) is 9.36. The molecule has 3 aromatic rings. The molecule has 7 rings (SSSR count). The topological polar surface area (TPSA) is 80.0 Å². The molecule has 0 saturated carbocycles. The minimum Gasteiger partial charge on any atom is -0.656 e. The molecule has 4 aliphatic heterocycles. The van der Waals surface area contributed by atoms with Crippen LogP contribution in [0.3, 0.4) is 0 Å². The van der Waals surface area contributed by atoms with Gasteiger partial charge in [0.1, 0.15) is 35.7 Å². The van der Waals surface area contributed by atoms with Gasteiger partial charge in [-0.2, -0.15) is 9.97 Å². The molecule has 0 N–H and O–H groups in total. The second-order valence-electron chi connectivity index (χ2n) is 10.7. The monoisotopic (exact) mass is 765 g/mol. The zero-order chi connectivity index (χ0) is 30.0. The van der Waals surface area contributed by atoms with E-state index in [-0.39, 0.29) is 50.8 Å². The van der Waals surface area contributed by atoms with Crippen LogP contribution in [0, 0.1) is 6.92 Å². The van der Waals surface area contributed by atoms with E-state index >= 15 is 0 Å². The second kappa shape index (κ2) is 15.1. The Bertz CT molecular complexity index is 1400. The normalized spacial score (nSPS) is 24.7. The number of fused-ring (bicyclic) bond motifs is 6. The van der Waals surface area contributed by atoms with Gasteiger partial charge in [0, 0.05) is 45.3 Å². The average Bonchev–Trinajstić information content (AvgIpc) is 3.57. The molecule has 1 aromatic heterocycles. The third-order valence-electron chi connectivity index (χ3n) is 8.02. The van der Waals surface area contributed by atoms with Crippen molar-refractivity contribution in [2.24, 2.45) is 0 Å². The summed E-state index contributed by atoms with van der Waals surface area (Å²) in [6.45, 7) is 14.4. The number of piperazine rings is 1. The summed E-state index contributed by atoms with van der Waals surface area (Å²) in [6.07, 6.45) is 2.72. The maximum atomic E-state index is 6.92. The van der Waals surface area contributed by atoms with E-state index in [9.17, 15) is 0 Å². The number of halogens is 2. The molecular weight excluding hydrogens is 726 g/mol. The number of ether oxygens (including phenoxy) is 4. The Morgan fingerprint density at radius 3 is 2.58 bits per heavy atom. The van der Waals surface area contributed by atoms with Crippen LogP contribution in [0.4, 0.5) is 5.82 Å². The van der Waals surface area contributed by atoms with Crippen LogP contribution in [0.5, 0.6) is 17.5 Å². The fourth-order valence-electron chi connectivity index (χ4n) is 6.09. The van der Waals surface area contributed by atoms with Crippen LogP contribution >= 0.6 is 27.5 Å². The van der Waals surface area contributed by atoms with E-state index < -0.39 is 0 Å². The molecule has 3 saturated heterocycles. The van der Waals surface area contributed by atoms with Crippen molar-refractivity contribution in [3.05, 3.63) is 50.2 Å². The number of anilines is 1. The van der Waals surface area contributed by atoms with Crippen LogP contribution in [-0.2, 0) is 31.8 Å². The Labute approximate surface area is 282 Å². The zero-order valence-electron chi connectivity index (χ0n) is 25.6. The molecule has 4 aliphatic rings. The minimum atomic E-state index is -0.0154. The van der Waals surface area contributed by atoms with Crippen molar-refractivity contribution in [1.29, 1.82) is 0 Å². The smallest absolute Gasteiger partial charge is 0.319 e. The summed E-state index contributed by atoms with van der Waals surface area (Å²) in [4.78, 5) is 12.3. The van der Waals surface area contributed by atoms with Crippen LogP contribution in [0.2, 0.25) is 5.02 Å². The first-order chi connectivity index (χ1) is 20.5. The predicted octanol–water partition coefficient (Wildman–Crippen LogP) is 8.02. The van der Waals surface area contributed by atoms with E-state index in [4.69, 9.17) is 45.8 Å². The van der Waals surface area contributed by atoms with Gasteiger partial charge in [0.25, 0.3) is 0 Å². The molecule has 4 unspecified atom stereocenters. The van der Waals surface area contributed by atoms with E-state index in [0.29, 0.717) is 52.3 Å². The number of rotatable bonds is 5. The first kappa shape index (κ1) is 34.2. The van der Waals surface area contributed by atoms with E-state index in [1.54, 1.807) is 0 Å². The van der Waals surface area contributed by atoms with Crippen molar-refractivity contribution < 1.29 is 39.4 Å². The second-order valence-corrected chi connectivity index (χ2v) is 11.8.